The van der Waals surface area contributed by atoms with Gasteiger partial charge in [-0.15, -0.1) is 10.2 Å². The second-order valence-electron chi connectivity index (χ2n) is 24.0. The topological polar surface area (TPSA) is 373 Å². The summed E-state index contributed by atoms with van der Waals surface area (Å²) in [7, 11) is 1.61. The van der Waals surface area contributed by atoms with E-state index in [2.05, 4.69) is 74.9 Å². The van der Waals surface area contributed by atoms with E-state index in [4.69, 9.17) is 33.2 Å². The molecule has 29 heteroatoms. The number of aliphatic carboxylic acids is 1. The lowest BCUT2D eigenvalue weighted by Crippen LogP contribution is -2.68. The number of hydrogen-bond donors (Lipinski definition) is 10. The normalized spacial score (nSPS) is 21.9. The van der Waals surface area contributed by atoms with Crippen molar-refractivity contribution in [1.29, 1.82) is 0 Å². The lowest BCUT2D eigenvalue weighted by molar-refractivity contribution is -0.310. The molecule has 87 heavy (non-hydrogen) atoms. The zero-order valence-corrected chi connectivity index (χ0v) is 51.7. The van der Waals surface area contributed by atoms with Crippen LogP contribution in [0.4, 0.5) is 4.79 Å². The molecule has 6 rings (SSSR count). The maximum atomic E-state index is 13.1. The molecule has 3 aliphatic heterocycles. The third kappa shape index (κ3) is 23.8. The number of aliphatic hydroxyl groups excluding tert-OH is 4. The van der Waals surface area contributed by atoms with Gasteiger partial charge in [-0.3, -0.25) is 14.4 Å². The number of methoxy groups -OCH3 is 1. The van der Waals surface area contributed by atoms with Crippen LogP contribution in [0.1, 0.15) is 96.7 Å². The summed E-state index contributed by atoms with van der Waals surface area (Å²) >= 11 is 1.88. The summed E-state index contributed by atoms with van der Waals surface area (Å²) in [6.07, 6.45) is 2.24. The van der Waals surface area contributed by atoms with Gasteiger partial charge in [-0.2, -0.15) is 11.8 Å². The molecular formula is C58H93N11O17S. The second kappa shape index (κ2) is 35.7. The summed E-state index contributed by atoms with van der Waals surface area (Å²) in [4.78, 5) is 62.1. The third-order valence-electron chi connectivity index (χ3n) is 15.0. The molecule has 1 aromatic carbocycles. The van der Waals surface area contributed by atoms with Crippen LogP contribution < -0.4 is 26.6 Å². The number of carbonyl (C=O) groups is 5. The predicted octanol–water partition coefficient (Wildman–Crippen LogP) is 0.752. The van der Waals surface area contributed by atoms with Crippen LogP contribution in [0.3, 0.4) is 0 Å². The molecule has 5 heterocycles. The number of carboxylic acids is 1. The Bertz CT molecular complexity index is 2580. The molecule has 488 valence electrons. The molecule has 0 aliphatic carbocycles. The summed E-state index contributed by atoms with van der Waals surface area (Å²) in [6.45, 7) is 12.3. The van der Waals surface area contributed by atoms with Gasteiger partial charge in [0.25, 0.3) is 5.79 Å². The van der Waals surface area contributed by atoms with E-state index in [9.17, 15) is 49.5 Å². The van der Waals surface area contributed by atoms with E-state index >= 15 is 0 Å². The number of hydrogen-bond acceptors (Lipinski definition) is 21. The first-order valence-corrected chi connectivity index (χ1v) is 31.1. The van der Waals surface area contributed by atoms with Gasteiger partial charge >= 0.3 is 12.0 Å². The Balaban J connectivity index is 0.836. The van der Waals surface area contributed by atoms with Crippen LogP contribution in [-0.4, -0.2) is 237 Å². The number of aromatic nitrogens is 6. The van der Waals surface area contributed by atoms with E-state index in [1.165, 1.54) is 0 Å². The average Bonchev–Trinajstić information content (AvgIpc) is 3.80. The zero-order valence-electron chi connectivity index (χ0n) is 50.9. The Morgan fingerprint density at radius 2 is 1.49 bits per heavy atom. The smallest absolute Gasteiger partial charge is 0.364 e. The molecule has 0 spiro atoms. The van der Waals surface area contributed by atoms with Gasteiger partial charge in [0, 0.05) is 66.6 Å². The number of aliphatic hydroxyl groups is 4. The maximum absolute atomic E-state index is 13.1. The van der Waals surface area contributed by atoms with Gasteiger partial charge in [-0.25, -0.2) is 19.0 Å². The number of carbonyl (C=O) groups excluding carboxylic acids is 4. The van der Waals surface area contributed by atoms with Gasteiger partial charge in [0.2, 0.25) is 17.7 Å². The molecule has 0 bridgehead atoms. The van der Waals surface area contributed by atoms with Crippen molar-refractivity contribution in [1.82, 2.24) is 56.6 Å². The standard InChI is InChI=1S/C58H93N11O17S/c1-56(2,35-82-23-19-59-47(73)14-10-9-13-46-50-43(34-87-46)61-55(79)63-50)37-84-38-57(3,4)36-83-25-21-69-32-42(65-67-69)40-17-15-39(16-18-40)28-48(74)60-30-45(72)52(76)53-51(62-49(75)33-70)44(71)29-58(86-53,54(77)78)85-22-11-7-6-8-12-41-31-68(66-64-41)20-24-81-27-26-80-5/h15-18,31-32,43-46,50-53,70-72,76H,6-14,19-30,33-38H2,1-5H3,(H,59,73)(H,60,74)(H,62,75)(H,77,78)(H2,61,63,79)/t43?,44-,45+,46-,50-,51+,52+,53+,58+/m0/s1. The monoisotopic (exact) mass is 1250 g/mol. The molecule has 1 unspecified atom stereocenters. The Kier molecular flexibility index (Phi) is 29.0. The first-order chi connectivity index (χ1) is 41.7. The molecule has 3 fully saturated rings. The van der Waals surface area contributed by atoms with Crippen LogP contribution in [-0.2, 0) is 78.3 Å². The van der Waals surface area contributed by atoms with Crippen molar-refractivity contribution >= 4 is 41.5 Å². The van der Waals surface area contributed by atoms with Gasteiger partial charge < -0.3 is 85.3 Å². The number of amides is 5. The Labute approximate surface area is 512 Å². The first-order valence-electron chi connectivity index (χ1n) is 30.1. The second-order valence-corrected chi connectivity index (χ2v) is 25.3. The summed E-state index contributed by atoms with van der Waals surface area (Å²) in [5.41, 5.74) is 2.30. The number of nitrogens with zero attached hydrogens (tertiary/aromatic N) is 6. The molecule has 10 N–H and O–H groups in total. The van der Waals surface area contributed by atoms with Crippen molar-refractivity contribution in [2.75, 3.05) is 98.6 Å². The van der Waals surface area contributed by atoms with E-state index in [0.717, 1.165) is 49.1 Å². The molecule has 0 radical (unpaired) electrons. The van der Waals surface area contributed by atoms with E-state index in [1.54, 1.807) is 46.9 Å². The van der Waals surface area contributed by atoms with Gasteiger partial charge in [0.15, 0.2) is 0 Å². The number of benzene rings is 1. The highest BCUT2D eigenvalue weighted by molar-refractivity contribution is 8.00. The molecule has 5 amide bonds. The van der Waals surface area contributed by atoms with E-state index in [1.807, 2.05) is 18.0 Å². The number of rotatable bonds is 43. The average molecular weight is 1250 g/mol. The number of thioether (sulfide) groups is 1. The molecule has 3 aromatic rings. The first kappa shape index (κ1) is 70.6. The minimum absolute atomic E-state index is 0.0159. The van der Waals surface area contributed by atoms with Crippen LogP contribution >= 0.6 is 11.8 Å². The number of fused-ring (bicyclic) bond motifs is 1. The third-order valence-corrected chi connectivity index (χ3v) is 16.5. The van der Waals surface area contributed by atoms with Crippen molar-refractivity contribution in [3.05, 3.63) is 47.9 Å². The number of ether oxygens (including phenoxy) is 7. The van der Waals surface area contributed by atoms with Crippen molar-refractivity contribution < 1.29 is 82.7 Å². The van der Waals surface area contributed by atoms with Crippen LogP contribution in [0.25, 0.3) is 11.3 Å². The molecule has 9 atom stereocenters. The van der Waals surface area contributed by atoms with Gasteiger partial charge in [-0.1, -0.05) is 81.6 Å². The van der Waals surface area contributed by atoms with Crippen LogP contribution in [0.15, 0.2) is 36.7 Å². The number of unbranched alkanes of at least 4 members (excludes halogenated alkanes) is 4. The summed E-state index contributed by atoms with van der Waals surface area (Å²) in [6, 6.07) is 5.91. The van der Waals surface area contributed by atoms with Gasteiger partial charge in [0.05, 0.1) is 128 Å². The molecule has 3 aliphatic rings. The highest BCUT2D eigenvalue weighted by atomic mass is 32.2. The molecule has 3 saturated heterocycles. The fourth-order valence-corrected chi connectivity index (χ4v) is 11.8. The predicted molar refractivity (Wildman–Crippen MR) is 317 cm³/mol. The van der Waals surface area contributed by atoms with E-state index in [-0.39, 0.29) is 47.9 Å². The van der Waals surface area contributed by atoms with E-state index in [0.29, 0.717) is 121 Å². The minimum Gasteiger partial charge on any atom is -0.477 e. The zero-order chi connectivity index (χ0) is 62.8. The van der Waals surface area contributed by atoms with Gasteiger partial charge in [0.1, 0.15) is 24.5 Å². The fraction of sp³-hybridized carbons (Fsp3) is 0.741. The highest BCUT2D eigenvalue weighted by Crippen LogP contribution is 2.35. The number of nitrogens with one attached hydrogen (secondary N) is 5. The number of aryl methyl sites for hydroxylation is 1. The van der Waals surface area contributed by atoms with Crippen molar-refractivity contribution in [3.8, 4) is 11.3 Å². The summed E-state index contributed by atoms with van der Waals surface area (Å²) < 4.78 is 43.5. The van der Waals surface area contributed by atoms with Crippen LogP contribution in [0.5, 0.6) is 0 Å². The Hall–Kier alpha value is -5.44. The minimum atomic E-state index is -2.47. The largest absolute Gasteiger partial charge is 0.477 e. The summed E-state index contributed by atoms with van der Waals surface area (Å²) in [5.74, 6) is -4.59. The van der Waals surface area contributed by atoms with E-state index < -0.39 is 73.6 Å². The number of carboxylic acid groups (broad SMARTS) is 1. The molecule has 0 saturated carbocycles. The quantitative estimate of drug-likeness (QED) is 0.0276. The van der Waals surface area contributed by atoms with Crippen molar-refractivity contribution in [2.45, 2.75) is 165 Å². The highest BCUT2D eigenvalue weighted by Gasteiger charge is 2.56. The summed E-state index contributed by atoms with van der Waals surface area (Å²) in [5, 5.41) is 84.5. The van der Waals surface area contributed by atoms with Gasteiger partial charge in [-0.05, 0) is 37.7 Å². The van der Waals surface area contributed by atoms with Crippen LogP contribution in [0.2, 0.25) is 0 Å². The maximum Gasteiger partial charge on any atom is 0.364 e. The lowest BCUT2D eigenvalue weighted by Gasteiger charge is -2.46. The van der Waals surface area contributed by atoms with Crippen molar-refractivity contribution in [2.24, 2.45) is 10.8 Å². The lowest BCUT2D eigenvalue weighted by atomic mass is 9.88. The Morgan fingerprint density at radius 3 is 2.22 bits per heavy atom. The number of urea groups is 1. The molecule has 28 nitrogen and oxygen atoms in total. The molecular weight excluding hydrogens is 1150 g/mol. The Morgan fingerprint density at radius 1 is 0.805 bits per heavy atom. The van der Waals surface area contributed by atoms with Crippen molar-refractivity contribution in [3.63, 3.8) is 0 Å². The van der Waals surface area contributed by atoms with Crippen LogP contribution in [0, 0.1) is 10.8 Å². The SMILES string of the molecule is COCCOCCn1cc(CCCCCCO[C@]2(C(=O)O)C[C@H](O)[C@@H](NC(=O)CO)[C@H]([C@H](O)[C@H](O)CNC(=O)Cc3ccc(-c4cn(CCOCC(C)(C)COCC(C)(C)COCCNC(=O)CCCC[C@@H]5SCC6NC(=O)N[C@@H]65)nn4)cc3)O2)nn1. The fourth-order valence-electron chi connectivity index (χ4n) is 10.2. The molecule has 2 aromatic heterocycles.